The molecule has 0 atom stereocenters. The average molecular weight is 298 g/mol. The molecule has 2 N–H and O–H groups in total. The maximum absolute atomic E-state index is 11.4. The number of carboxylic acids is 1. The lowest BCUT2D eigenvalue weighted by molar-refractivity contribution is 0.0698. The fourth-order valence-electron chi connectivity index (χ4n) is 1.07. The normalized spacial score (nSPS) is 11.2. The molecule has 0 aliphatic heterocycles. The zero-order chi connectivity index (χ0) is 13.2. The molecule has 0 aliphatic rings. The standard InChI is InChI=1S/C9H9Cl2NO4S/c1-2-17(15,16)12-8-6(9(13)14)3-5(10)4-7(8)11/h3-4,12H,2H2,1H3,(H,13,14). The number of carbonyl (C=O) groups is 1. The fourth-order valence-corrected chi connectivity index (χ4v) is 2.35. The third kappa shape index (κ3) is 3.49. The van der Waals surface area contributed by atoms with Crippen LogP contribution in [0.3, 0.4) is 0 Å². The molecule has 1 rings (SSSR count). The highest BCUT2D eigenvalue weighted by molar-refractivity contribution is 7.92. The van der Waals surface area contributed by atoms with Gasteiger partial charge in [0.05, 0.1) is 22.0 Å². The largest absolute Gasteiger partial charge is 0.478 e. The maximum Gasteiger partial charge on any atom is 0.337 e. The summed E-state index contributed by atoms with van der Waals surface area (Å²) < 4.78 is 24.9. The first-order chi connectivity index (χ1) is 7.76. The van der Waals surface area contributed by atoms with Gasteiger partial charge < -0.3 is 5.11 Å². The Bertz CT molecular complexity index is 556. The van der Waals surface area contributed by atoms with Crippen molar-refractivity contribution in [1.82, 2.24) is 0 Å². The topological polar surface area (TPSA) is 83.5 Å². The quantitative estimate of drug-likeness (QED) is 0.894. The van der Waals surface area contributed by atoms with Crippen molar-refractivity contribution in [2.75, 3.05) is 10.5 Å². The van der Waals surface area contributed by atoms with Crippen LogP contribution in [-0.2, 0) is 10.0 Å². The Balaban J connectivity index is 3.37. The van der Waals surface area contributed by atoms with Crippen molar-refractivity contribution in [2.45, 2.75) is 6.92 Å². The van der Waals surface area contributed by atoms with E-state index in [-0.39, 0.29) is 27.0 Å². The van der Waals surface area contributed by atoms with E-state index in [1.807, 2.05) is 0 Å². The van der Waals surface area contributed by atoms with Gasteiger partial charge in [0.25, 0.3) is 0 Å². The van der Waals surface area contributed by atoms with E-state index in [9.17, 15) is 13.2 Å². The van der Waals surface area contributed by atoms with E-state index in [0.717, 1.165) is 6.07 Å². The Kier molecular flexibility index (Phi) is 4.24. The lowest BCUT2D eigenvalue weighted by Gasteiger charge is -2.11. The number of hydrogen-bond acceptors (Lipinski definition) is 3. The van der Waals surface area contributed by atoms with E-state index in [1.165, 1.54) is 13.0 Å². The van der Waals surface area contributed by atoms with E-state index in [4.69, 9.17) is 28.3 Å². The number of nitrogens with one attached hydrogen (secondary N) is 1. The summed E-state index contributed by atoms with van der Waals surface area (Å²) >= 11 is 11.4. The van der Waals surface area contributed by atoms with Crippen molar-refractivity contribution in [3.8, 4) is 0 Å². The van der Waals surface area contributed by atoms with Crippen LogP contribution >= 0.6 is 23.2 Å². The van der Waals surface area contributed by atoms with Crippen molar-refractivity contribution < 1.29 is 18.3 Å². The molecule has 5 nitrogen and oxygen atoms in total. The summed E-state index contributed by atoms with van der Waals surface area (Å²) in [6.45, 7) is 1.42. The summed E-state index contributed by atoms with van der Waals surface area (Å²) in [4.78, 5) is 10.9. The second-order valence-electron chi connectivity index (χ2n) is 3.12. The van der Waals surface area contributed by atoms with Crippen LogP contribution in [0.4, 0.5) is 5.69 Å². The van der Waals surface area contributed by atoms with E-state index in [0.29, 0.717) is 0 Å². The smallest absolute Gasteiger partial charge is 0.337 e. The van der Waals surface area contributed by atoms with Gasteiger partial charge in [-0.25, -0.2) is 13.2 Å². The fraction of sp³-hybridized carbons (Fsp3) is 0.222. The van der Waals surface area contributed by atoms with Gasteiger partial charge in [-0.3, -0.25) is 4.72 Å². The SMILES string of the molecule is CCS(=O)(=O)Nc1c(Cl)cc(Cl)cc1C(=O)O. The van der Waals surface area contributed by atoms with Gasteiger partial charge in [-0.05, 0) is 19.1 Å². The average Bonchev–Trinajstić information content (AvgIpc) is 2.21. The molecule has 0 amide bonds. The van der Waals surface area contributed by atoms with Crippen molar-refractivity contribution in [1.29, 1.82) is 0 Å². The minimum Gasteiger partial charge on any atom is -0.478 e. The maximum atomic E-state index is 11.4. The third-order valence-corrected chi connectivity index (χ3v) is 3.71. The summed E-state index contributed by atoms with van der Waals surface area (Å²) in [7, 11) is -3.60. The molecule has 0 radical (unpaired) electrons. The minimum absolute atomic E-state index is 0.0630. The molecular weight excluding hydrogens is 289 g/mol. The van der Waals surface area contributed by atoms with Crippen molar-refractivity contribution >= 4 is 44.9 Å². The van der Waals surface area contributed by atoms with E-state index in [1.54, 1.807) is 0 Å². The van der Waals surface area contributed by atoms with Crippen molar-refractivity contribution in [3.63, 3.8) is 0 Å². The highest BCUT2D eigenvalue weighted by atomic mass is 35.5. The molecule has 0 aromatic heterocycles. The second-order valence-corrected chi connectivity index (χ2v) is 5.98. The highest BCUT2D eigenvalue weighted by Gasteiger charge is 2.19. The van der Waals surface area contributed by atoms with Gasteiger partial charge in [-0.2, -0.15) is 0 Å². The number of hydrogen-bond donors (Lipinski definition) is 2. The molecular formula is C9H9Cl2NO4S. The van der Waals surface area contributed by atoms with Gasteiger partial charge in [0, 0.05) is 5.02 Å². The first-order valence-corrected chi connectivity index (χ1v) is 6.90. The highest BCUT2D eigenvalue weighted by Crippen LogP contribution is 2.31. The molecule has 17 heavy (non-hydrogen) atoms. The lowest BCUT2D eigenvalue weighted by atomic mass is 10.2. The Morgan fingerprint density at radius 1 is 1.41 bits per heavy atom. The molecule has 0 fully saturated rings. The zero-order valence-corrected chi connectivity index (χ0v) is 11.0. The van der Waals surface area contributed by atoms with Gasteiger partial charge in [-0.1, -0.05) is 23.2 Å². The molecule has 0 aliphatic carbocycles. The van der Waals surface area contributed by atoms with Gasteiger partial charge in [-0.15, -0.1) is 0 Å². The monoisotopic (exact) mass is 297 g/mol. The Morgan fingerprint density at radius 2 is 2.00 bits per heavy atom. The lowest BCUT2D eigenvalue weighted by Crippen LogP contribution is -2.17. The Hall–Kier alpha value is -0.980. The predicted octanol–water partition coefficient (Wildman–Crippen LogP) is 2.45. The molecule has 0 heterocycles. The van der Waals surface area contributed by atoms with Crippen molar-refractivity contribution in [2.24, 2.45) is 0 Å². The zero-order valence-electron chi connectivity index (χ0n) is 8.70. The summed E-state index contributed by atoms with van der Waals surface area (Å²) in [5.41, 5.74) is -0.468. The molecule has 8 heteroatoms. The number of sulfonamides is 1. The number of benzene rings is 1. The van der Waals surface area contributed by atoms with Gasteiger partial charge in [0.15, 0.2) is 0 Å². The Labute approximate surface area is 108 Å². The van der Waals surface area contributed by atoms with Crippen LogP contribution in [0.5, 0.6) is 0 Å². The molecule has 1 aromatic carbocycles. The van der Waals surface area contributed by atoms with E-state index in [2.05, 4.69) is 4.72 Å². The summed E-state index contributed by atoms with van der Waals surface area (Å²) in [6.07, 6.45) is 0. The Morgan fingerprint density at radius 3 is 2.47 bits per heavy atom. The molecule has 0 saturated carbocycles. The third-order valence-electron chi connectivity index (χ3n) is 1.92. The number of carboxylic acid groups (broad SMARTS) is 1. The number of halogens is 2. The molecule has 0 unspecified atom stereocenters. The molecule has 1 aromatic rings. The molecule has 0 spiro atoms. The minimum atomic E-state index is -3.60. The molecule has 0 saturated heterocycles. The van der Waals surface area contributed by atoms with Crippen molar-refractivity contribution in [3.05, 3.63) is 27.7 Å². The molecule has 0 bridgehead atoms. The van der Waals surface area contributed by atoms with Gasteiger partial charge >= 0.3 is 5.97 Å². The summed E-state index contributed by atoms with van der Waals surface area (Å²) in [5.74, 6) is -1.51. The van der Waals surface area contributed by atoms with Crippen LogP contribution < -0.4 is 4.72 Å². The van der Waals surface area contributed by atoms with E-state index >= 15 is 0 Å². The van der Waals surface area contributed by atoms with Crippen LogP contribution in [-0.4, -0.2) is 25.2 Å². The summed E-state index contributed by atoms with van der Waals surface area (Å²) in [6, 6.07) is 2.40. The summed E-state index contributed by atoms with van der Waals surface area (Å²) in [5, 5.41) is 8.99. The molecule has 94 valence electrons. The number of anilines is 1. The van der Waals surface area contributed by atoms with Gasteiger partial charge in [0.2, 0.25) is 10.0 Å². The van der Waals surface area contributed by atoms with Crippen LogP contribution in [0.15, 0.2) is 12.1 Å². The van der Waals surface area contributed by atoms with Crippen LogP contribution in [0.1, 0.15) is 17.3 Å². The predicted molar refractivity (Wildman–Crippen MR) is 66.5 cm³/mol. The van der Waals surface area contributed by atoms with Crippen LogP contribution in [0, 0.1) is 0 Å². The first kappa shape index (κ1) is 14.1. The van der Waals surface area contributed by atoms with Crippen LogP contribution in [0.2, 0.25) is 10.0 Å². The van der Waals surface area contributed by atoms with E-state index < -0.39 is 16.0 Å². The second kappa shape index (κ2) is 5.12. The van der Waals surface area contributed by atoms with Crippen LogP contribution in [0.25, 0.3) is 0 Å². The number of aromatic carboxylic acids is 1. The number of rotatable bonds is 4. The first-order valence-electron chi connectivity index (χ1n) is 4.49. The van der Waals surface area contributed by atoms with Gasteiger partial charge in [0.1, 0.15) is 0 Å².